The van der Waals surface area contributed by atoms with Crippen LogP contribution in [-0.2, 0) is 9.59 Å². The summed E-state index contributed by atoms with van der Waals surface area (Å²) < 4.78 is 0. The molecule has 0 bridgehead atoms. The molecule has 0 radical (unpaired) electrons. The van der Waals surface area contributed by atoms with E-state index in [1.165, 1.54) is 32.1 Å². The second kappa shape index (κ2) is 7.47. The molecule has 3 heterocycles. The first-order valence-corrected chi connectivity index (χ1v) is 10.6. The molecule has 26 heavy (non-hydrogen) atoms. The van der Waals surface area contributed by atoms with E-state index in [0.29, 0.717) is 19.0 Å². The molecule has 0 aromatic heterocycles. The summed E-state index contributed by atoms with van der Waals surface area (Å²) in [5.74, 6) is 1.03. The Kier molecular flexibility index (Phi) is 5.24. The molecule has 3 saturated heterocycles. The number of piperidine rings is 1. The van der Waals surface area contributed by atoms with Crippen LogP contribution in [0, 0.1) is 5.92 Å². The Morgan fingerprint density at radius 1 is 1.15 bits per heavy atom. The molecule has 4 rings (SSSR count). The van der Waals surface area contributed by atoms with E-state index in [9.17, 15) is 9.59 Å². The van der Waals surface area contributed by atoms with Gasteiger partial charge in [-0.2, -0.15) is 0 Å². The van der Waals surface area contributed by atoms with Crippen LogP contribution in [-0.4, -0.2) is 72.5 Å². The van der Waals surface area contributed by atoms with Gasteiger partial charge in [0.25, 0.3) is 0 Å². The van der Waals surface area contributed by atoms with Gasteiger partial charge in [-0.15, -0.1) is 0 Å². The van der Waals surface area contributed by atoms with Crippen LogP contribution in [0.1, 0.15) is 57.8 Å². The van der Waals surface area contributed by atoms with Crippen molar-refractivity contribution in [3.63, 3.8) is 0 Å². The van der Waals surface area contributed by atoms with Gasteiger partial charge in [0.2, 0.25) is 11.8 Å². The first-order chi connectivity index (χ1) is 12.6. The Hall–Kier alpha value is -1.14. The zero-order chi connectivity index (χ0) is 18.1. The van der Waals surface area contributed by atoms with Crippen LogP contribution < -0.4 is 10.6 Å². The van der Waals surface area contributed by atoms with Crippen molar-refractivity contribution in [3.05, 3.63) is 0 Å². The van der Waals surface area contributed by atoms with Crippen molar-refractivity contribution in [3.8, 4) is 0 Å². The summed E-state index contributed by atoms with van der Waals surface area (Å²) in [7, 11) is 2.18. The average molecular weight is 363 g/mol. The summed E-state index contributed by atoms with van der Waals surface area (Å²) >= 11 is 0. The van der Waals surface area contributed by atoms with E-state index in [0.717, 1.165) is 44.8 Å². The zero-order valence-electron chi connectivity index (χ0n) is 16.1. The van der Waals surface area contributed by atoms with Crippen molar-refractivity contribution >= 4 is 11.8 Å². The smallest absolute Gasteiger partial charge is 0.243 e. The molecule has 6 heteroatoms. The van der Waals surface area contributed by atoms with E-state index in [2.05, 4.69) is 22.6 Å². The molecule has 6 nitrogen and oxygen atoms in total. The van der Waals surface area contributed by atoms with Crippen LogP contribution in [0.15, 0.2) is 0 Å². The first kappa shape index (κ1) is 18.2. The quantitative estimate of drug-likeness (QED) is 0.789. The fourth-order valence-corrected chi connectivity index (χ4v) is 5.57. The lowest BCUT2D eigenvalue weighted by Gasteiger charge is -2.37. The summed E-state index contributed by atoms with van der Waals surface area (Å²) in [6.45, 7) is 3.58. The number of carbonyl (C=O) groups excluding carboxylic acids is 2. The third kappa shape index (κ3) is 3.63. The normalized spacial score (nSPS) is 32.6. The molecule has 4 fully saturated rings. The Morgan fingerprint density at radius 2 is 1.88 bits per heavy atom. The Labute approximate surface area is 157 Å². The van der Waals surface area contributed by atoms with Gasteiger partial charge in [-0.25, -0.2) is 0 Å². The van der Waals surface area contributed by atoms with Crippen LogP contribution in [0.3, 0.4) is 0 Å². The second-order valence-corrected chi connectivity index (χ2v) is 9.09. The van der Waals surface area contributed by atoms with Gasteiger partial charge in [0, 0.05) is 19.1 Å². The molecule has 1 saturated carbocycles. The van der Waals surface area contributed by atoms with Crippen LogP contribution in [0.2, 0.25) is 0 Å². The third-order valence-corrected chi connectivity index (χ3v) is 7.23. The molecular weight excluding hydrogens is 328 g/mol. The number of nitrogens with zero attached hydrogens (tertiary/aromatic N) is 2. The minimum absolute atomic E-state index is 0.0753. The van der Waals surface area contributed by atoms with Gasteiger partial charge >= 0.3 is 0 Å². The molecule has 2 amide bonds. The topological polar surface area (TPSA) is 64.7 Å². The summed E-state index contributed by atoms with van der Waals surface area (Å²) in [4.78, 5) is 30.2. The maximum atomic E-state index is 13.0. The lowest BCUT2D eigenvalue weighted by Crippen LogP contribution is -2.55. The van der Waals surface area contributed by atoms with Crippen LogP contribution in [0.25, 0.3) is 0 Å². The monoisotopic (exact) mass is 362 g/mol. The number of amides is 2. The van der Waals surface area contributed by atoms with E-state index in [4.69, 9.17) is 0 Å². The van der Waals surface area contributed by atoms with Gasteiger partial charge in [0.05, 0.1) is 12.0 Å². The van der Waals surface area contributed by atoms with Crippen LogP contribution >= 0.6 is 0 Å². The van der Waals surface area contributed by atoms with E-state index in [1.807, 2.05) is 4.90 Å². The average Bonchev–Trinajstić information content (AvgIpc) is 3.06. The van der Waals surface area contributed by atoms with Gasteiger partial charge in [-0.1, -0.05) is 19.3 Å². The molecule has 1 aliphatic carbocycles. The lowest BCUT2D eigenvalue weighted by molar-refractivity contribution is -0.135. The maximum absolute atomic E-state index is 13.0. The summed E-state index contributed by atoms with van der Waals surface area (Å²) in [5.41, 5.74) is -0.312. The number of hydrogen-bond acceptors (Lipinski definition) is 4. The predicted octanol–water partition coefficient (Wildman–Crippen LogP) is 1.11. The molecule has 3 aliphatic heterocycles. The highest BCUT2D eigenvalue weighted by molar-refractivity contribution is 5.92. The van der Waals surface area contributed by atoms with Crippen molar-refractivity contribution in [1.82, 2.24) is 20.4 Å². The number of hydrogen-bond donors (Lipinski definition) is 2. The van der Waals surface area contributed by atoms with E-state index < -0.39 is 0 Å². The molecule has 4 aliphatic rings. The Morgan fingerprint density at radius 3 is 2.62 bits per heavy atom. The van der Waals surface area contributed by atoms with Crippen molar-refractivity contribution in [2.75, 3.05) is 33.2 Å². The number of fused-ring (bicyclic) bond motifs is 1. The predicted molar refractivity (Wildman–Crippen MR) is 101 cm³/mol. The minimum Gasteiger partial charge on any atom is -0.348 e. The van der Waals surface area contributed by atoms with Crippen LogP contribution in [0.5, 0.6) is 0 Å². The Bertz CT molecular complexity index is 512. The number of carbonyl (C=O) groups is 2. The fourth-order valence-electron chi connectivity index (χ4n) is 5.57. The van der Waals surface area contributed by atoms with Gasteiger partial charge in [0.15, 0.2) is 0 Å². The number of likely N-dealkylation sites (N-methyl/N-ethyl adjacent to an activating group) is 1. The third-order valence-electron chi connectivity index (χ3n) is 7.23. The molecule has 0 aromatic carbocycles. The highest BCUT2D eigenvalue weighted by Gasteiger charge is 2.48. The summed E-state index contributed by atoms with van der Waals surface area (Å²) in [6.07, 6.45) is 9.73. The van der Waals surface area contributed by atoms with E-state index in [1.54, 1.807) is 0 Å². The van der Waals surface area contributed by atoms with E-state index in [-0.39, 0.29) is 23.4 Å². The Balaban J connectivity index is 1.40. The maximum Gasteiger partial charge on any atom is 0.243 e. The highest BCUT2D eigenvalue weighted by Crippen LogP contribution is 2.33. The van der Waals surface area contributed by atoms with Crippen molar-refractivity contribution in [2.45, 2.75) is 75.4 Å². The molecule has 2 N–H and O–H groups in total. The summed E-state index contributed by atoms with van der Waals surface area (Å²) in [6, 6.07) is 0.0502. The van der Waals surface area contributed by atoms with Crippen molar-refractivity contribution in [1.29, 1.82) is 0 Å². The molecule has 2 atom stereocenters. The standard InChI is InChI=1S/C20H34N4O2/c1-23(13-15-5-3-2-4-6-15)16-11-17-19(26)22-20(7-9-21-10-8-20)12-18(25)24(17)14-16/h15-17,21H,2-14H2,1H3,(H,22,26)/t16-,17-/m0/s1. The molecule has 1 spiro atoms. The molecular formula is C20H34N4O2. The largest absolute Gasteiger partial charge is 0.348 e. The van der Waals surface area contributed by atoms with Gasteiger partial charge in [0.1, 0.15) is 6.04 Å². The SMILES string of the molecule is CN(CC1CCCCC1)[C@H]1C[C@H]2C(=O)NC3(CCNCC3)CC(=O)N2C1. The molecule has 146 valence electrons. The minimum atomic E-state index is -0.312. The van der Waals surface area contributed by atoms with E-state index >= 15 is 0 Å². The second-order valence-electron chi connectivity index (χ2n) is 9.09. The fraction of sp³-hybridized carbons (Fsp3) is 0.900. The highest BCUT2D eigenvalue weighted by atomic mass is 16.2. The molecule has 0 aromatic rings. The number of nitrogens with one attached hydrogen (secondary N) is 2. The van der Waals surface area contributed by atoms with Crippen molar-refractivity contribution in [2.24, 2.45) is 5.92 Å². The number of rotatable bonds is 3. The van der Waals surface area contributed by atoms with Gasteiger partial charge in [-0.3, -0.25) is 9.59 Å². The first-order valence-electron chi connectivity index (χ1n) is 10.6. The van der Waals surface area contributed by atoms with Crippen molar-refractivity contribution < 1.29 is 9.59 Å². The molecule has 0 unspecified atom stereocenters. The van der Waals surface area contributed by atoms with Gasteiger partial charge in [-0.05, 0) is 58.2 Å². The lowest BCUT2D eigenvalue weighted by atomic mass is 9.85. The summed E-state index contributed by atoms with van der Waals surface area (Å²) in [5, 5.41) is 6.61. The zero-order valence-corrected chi connectivity index (χ0v) is 16.1. The van der Waals surface area contributed by atoms with Crippen LogP contribution in [0.4, 0.5) is 0 Å². The van der Waals surface area contributed by atoms with Gasteiger partial charge < -0.3 is 20.4 Å².